The van der Waals surface area contributed by atoms with Crippen LogP contribution in [0.3, 0.4) is 0 Å². The average Bonchev–Trinajstić information content (AvgIpc) is 3.19. The number of sulfonamides is 1. The van der Waals surface area contributed by atoms with E-state index in [-0.39, 0.29) is 4.90 Å². The summed E-state index contributed by atoms with van der Waals surface area (Å²) in [7, 11) is 0.221. The van der Waals surface area contributed by atoms with Gasteiger partial charge in [-0.2, -0.15) is 5.10 Å². The molecular weight excluding hydrogens is 432 g/mol. The molecule has 0 amide bonds. The molecule has 31 heavy (non-hydrogen) atoms. The van der Waals surface area contributed by atoms with E-state index in [0.717, 1.165) is 28.2 Å². The molecule has 0 unspecified atom stereocenters. The molecule has 1 heterocycles. The Labute approximate surface area is 186 Å². The van der Waals surface area contributed by atoms with Gasteiger partial charge in [0.1, 0.15) is 0 Å². The Balaban J connectivity index is 1.83. The van der Waals surface area contributed by atoms with Gasteiger partial charge in [0.25, 0.3) is 0 Å². The molecule has 0 radical (unpaired) electrons. The van der Waals surface area contributed by atoms with Crippen molar-refractivity contribution in [2.45, 2.75) is 4.90 Å². The van der Waals surface area contributed by atoms with Gasteiger partial charge in [0.15, 0.2) is 0 Å². The van der Waals surface area contributed by atoms with E-state index < -0.39 is 10.0 Å². The Morgan fingerprint density at radius 2 is 1.45 bits per heavy atom. The van der Waals surface area contributed by atoms with Crippen molar-refractivity contribution in [3.63, 3.8) is 0 Å². The smallest absolute Gasteiger partial charge is 0.238 e. The molecule has 4 aromatic rings. The summed E-state index contributed by atoms with van der Waals surface area (Å²) in [6, 6.07) is 23.9. The lowest BCUT2D eigenvalue weighted by molar-refractivity contribution is 0.598. The van der Waals surface area contributed by atoms with Crippen molar-refractivity contribution in [3.05, 3.63) is 83.9 Å². The fourth-order valence-corrected chi connectivity index (χ4v) is 3.89. The van der Waals surface area contributed by atoms with Crippen LogP contribution in [0.5, 0.6) is 0 Å². The predicted molar refractivity (Wildman–Crippen MR) is 125 cm³/mol. The fourth-order valence-electron chi connectivity index (χ4n) is 3.25. The molecule has 1 aromatic heterocycles. The van der Waals surface area contributed by atoms with Crippen molar-refractivity contribution >= 4 is 27.3 Å². The zero-order valence-electron chi connectivity index (χ0n) is 17.0. The monoisotopic (exact) mass is 452 g/mol. The number of anilines is 1. The molecule has 0 bridgehead atoms. The lowest BCUT2D eigenvalue weighted by atomic mass is 10.1. The maximum Gasteiger partial charge on any atom is 0.238 e. The summed E-state index contributed by atoms with van der Waals surface area (Å²) >= 11 is 6.06. The van der Waals surface area contributed by atoms with Crippen LogP contribution in [0.25, 0.3) is 28.2 Å². The van der Waals surface area contributed by atoms with Gasteiger partial charge >= 0.3 is 0 Å². The molecule has 6 nitrogen and oxygen atoms in total. The van der Waals surface area contributed by atoms with Crippen LogP contribution >= 0.6 is 11.6 Å². The lowest BCUT2D eigenvalue weighted by Crippen LogP contribution is -2.12. The first-order valence-corrected chi connectivity index (χ1v) is 11.4. The maximum atomic E-state index is 11.6. The van der Waals surface area contributed by atoms with E-state index in [1.54, 1.807) is 16.8 Å². The maximum absolute atomic E-state index is 11.6. The van der Waals surface area contributed by atoms with Gasteiger partial charge in [0.2, 0.25) is 10.0 Å². The number of primary sulfonamides is 1. The second-order valence-electron chi connectivity index (χ2n) is 7.31. The van der Waals surface area contributed by atoms with Crippen LogP contribution in [0.2, 0.25) is 5.02 Å². The van der Waals surface area contributed by atoms with Crippen molar-refractivity contribution in [1.82, 2.24) is 9.78 Å². The molecule has 0 aliphatic rings. The summed E-state index contributed by atoms with van der Waals surface area (Å²) in [6.45, 7) is 0. The molecule has 0 fully saturated rings. The minimum Gasteiger partial charge on any atom is -0.378 e. The molecule has 0 aliphatic carbocycles. The zero-order valence-corrected chi connectivity index (χ0v) is 18.6. The third-order valence-electron chi connectivity index (χ3n) is 4.94. The molecule has 158 valence electrons. The Kier molecular flexibility index (Phi) is 5.58. The number of hydrogen-bond acceptors (Lipinski definition) is 4. The van der Waals surface area contributed by atoms with E-state index in [1.165, 1.54) is 12.1 Å². The van der Waals surface area contributed by atoms with E-state index in [4.69, 9.17) is 21.8 Å². The average molecular weight is 453 g/mol. The number of aromatic nitrogens is 2. The van der Waals surface area contributed by atoms with Crippen molar-refractivity contribution in [2.24, 2.45) is 5.14 Å². The van der Waals surface area contributed by atoms with Crippen LogP contribution in [-0.2, 0) is 10.0 Å². The number of nitrogens with two attached hydrogens (primary N) is 1. The van der Waals surface area contributed by atoms with Gasteiger partial charge in [-0.15, -0.1) is 0 Å². The van der Waals surface area contributed by atoms with E-state index in [1.807, 2.05) is 73.6 Å². The largest absolute Gasteiger partial charge is 0.378 e. The molecular formula is C23H21ClN4O2S. The minimum atomic E-state index is -3.77. The quantitative estimate of drug-likeness (QED) is 0.480. The van der Waals surface area contributed by atoms with Crippen molar-refractivity contribution in [1.29, 1.82) is 0 Å². The fraction of sp³-hybridized carbons (Fsp3) is 0.0870. The summed E-state index contributed by atoms with van der Waals surface area (Å²) in [5.41, 5.74) is 5.37. The summed E-state index contributed by atoms with van der Waals surface area (Å²) in [6.07, 6.45) is 0. The highest BCUT2D eigenvalue weighted by atomic mass is 35.5. The third-order valence-corrected chi connectivity index (χ3v) is 6.12. The molecule has 0 spiro atoms. The number of hydrogen-bond donors (Lipinski definition) is 1. The van der Waals surface area contributed by atoms with Crippen LogP contribution in [0.4, 0.5) is 5.69 Å². The van der Waals surface area contributed by atoms with Gasteiger partial charge in [-0.25, -0.2) is 18.2 Å². The Morgan fingerprint density at radius 3 is 2.00 bits per heavy atom. The first-order chi connectivity index (χ1) is 14.7. The van der Waals surface area contributed by atoms with Gasteiger partial charge in [0.05, 0.1) is 22.0 Å². The molecule has 8 heteroatoms. The third kappa shape index (κ3) is 4.49. The minimum absolute atomic E-state index is 0.0518. The number of benzene rings is 3. The molecule has 2 N–H and O–H groups in total. The highest BCUT2D eigenvalue weighted by molar-refractivity contribution is 7.89. The zero-order chi connectivity index (χ0) is 22.2. The summed E-state index contributed by atoms with van der Waals surface area (Å²) in [4.78, 5) is 2.09. The number of nitrogens with zero attached hydrogens (tertiary/aromatic N) is 3. The van der Waals surface area contributed by atoms with Gasteiger partial charge in [-0.3, -0.25) is 0 Å². The topological polar surface area (TPSA) is 81.2 Å². The highest BCUT2D eigenvalue weighted by Gasteiger charge is 2.15. The van der Waals surface area contributed by atoms with Crippen molar-refractivity contribution in [3.8, 4) is 28.2 Å². The van der Waals surface area contributed by atoms with Crippen molar-refractivity contribution in [2.75, 3.05) is 19.0 Å². The summed E-state index contributed by atoms with van der Waals surface area (Å²) < 4.78 is 25.0. The van der Waals surface area contributed by atoms with Gasteiger partial charge in [-0.05, 0) is 54.6 Å². The van der Waals surface area contributed by atoms with Gasteiger partial charge in [0, 0.05) is 35.9 Å². The second-order valence-corrected chi connectivity index (χ2v) is 9.31. The predicted octanol–water partition coefficient (Wildman–Crippen LogP) is 4.57. The first-order valence-electron chi connectivity index (χ1n) is 9.49. The number of halogens is 1. The van der Waals surface area contributed by atoms with Crippen LogP contribution in [-0.4, -0.2) is 32.3 Å². The standard InChI is InChI=1S/C23H21ClN4O2S/c1-27(2)19-9-5-16(6-10-19)22-15-23(17-3-7-18(24)8-4-17)28(26-22)20-11-13-21(14-12-20)31(25,29)30/h3-15H,1-2H3,(H2,25,29,30). The molecule has 0 saturated heterocycles. The molecule has 3 aromatic carbocycles. The Morgan fingerprint density at radius 1 is 0.871 bits per heavy atom. The van der Waals surface area contributed by atoms with Crippen molar-refractivity contribution < 1.29 is 8.42 Å². The second kappa shape index (κ2) is 8.19. The summed E-state index contributed by atoms with van der Waals surface area (Å²) in [5.74, 6) is 0. The van der Waals surface area contributed by atoms with E-state index >= 15 is 0 Å². The van der Waals surface area contributed by atoms with E-state index in [0.29, 0.717) is 10.7 Å². The van der Waals surface area contributed by atoms with E-state index in [2.05, 4.69) is 0 Å². The first kappa shape index (κ1) is 21.1. The molecule has 0 saturated carbocycles. The lowest BCUT2D eigenvalue weighted by Gasteiger charge is -2.12. The molecule has 4 rings (SSSR count). The molecule has 0 aliphatic heterocycles. The van der Waals surface area contributed by atoms with Gasteiger partial charge < -0.3 is 4.90 Å². The normalized spacial score (nSPS) is 11.5. The molecule has 0 atom stereocenters. The SMILES string of the molecule is CN(C)c1ccc(-c2cc(-c3ccc(Cl)cc3)n(-c3ccc(S(N)(=O)=O)cc3)n2)cc1. The Bertz CT molecular complexity index is 1310. The van der Waals surface area contributed by atoms with Crippen LogP contribution < -0.4 is 10.0 Å². The summed E-state index contributed by atoms with van der Waals surface area (Å²) in [5, 5.41) is 10.7. The van der Waals surface area contributed by atoms with E-state index in [9.17, 15) is 8.42 Å². The number of rotatable bonds is 5. The van der Waals surface area contributed by atoms with Crippen LogP contribution in [0, 0.1) is 0 Å². The van der Waals surface area contributed by atoms with Gasteiger partial charge in [-0.1, -0.05) is 35.9 Å². The van der Waals surface area contributed by atoms with Crippen LogP contribution in [0.15, 0.2) is 83.8 Å². The van der Waals surface area contributed by atoms with Crippen LogP contribution in [0.1, 0.15) is 0 Å². The highest BCUT2D eigenvalue weighted by Crippen LogP contribution is 2.30. The Hall–Kier alpha value is -3.13.